The molecule has 0 aromatic heterocycles. The van der Waals surface area contributed by atoms with Crippen molar-refractivity contribution < 1.29 is 23.9 Å². The zero-order valence-corrected chi connectivity index (χ0v) is 17.6. The van der Waals surface area contributed by atoms with Gasteiger partial charge in [-0.15, -0.1) is 0 Å². The maximum atomic E-state index is 12.6. The molecule has 0 fully saturated rings. The van der Waals surface area contributed by atoms with Crippen molar-refractivity contribution in [2.75, 3.05) is 13.7 Å². The molecule has 0 atom stereocenters. The summed E-state index contributed by atoms with van der Waals surface area (Å²) in [4.78, 5) is 37.5. The monoisotopic (exact) mass is 459 g/mol. The zero-order chi connectivity index (χ0) is 21.1. The van der Waals surface area contributed by atoms with Crippen LogP contribution in [0.5, 0.6) is 0 Å². The quantitative estimate of drug-likeness (QED) is 0.422. The lowest BCUT2D eigenvalue weighted by Crippen LogP contribution is -2.35. The average Bonchev–Trinajstić information content (AvgIpc) is 2.73. The molecule has 2 aromatic rings. The molecule has 0 radical (unpaired) electrons. The standard InChI is InChI=1S/C22H22BrNO5/c1-28-21(26)13-7-12-20(25)24(14-18-10-5-6-11-19(18)23)15-22(27)29-16-17-8-3-2-4-9-17/h2-12H,13-16H2,1H3. The van der Waals surface area contributed by atoms with Crippen molar-refractivity contribution in [3.05, 3.63) is 82.3 Å². The van der Waals surface area contributed by atoms with E-state index in [2.05, 4.69) is 20.7 Å². The molecule has 152 valence electrons. The van der Waals surface area contributed by atoms with Crippen LogP contribution in [0.2, 0.25) is 0 Å². The fraction of sp³-hybridized carbons (Fsp3) is 0.227. The summed E-state index contributed by atoms with van der Waals surface area (Å²) in [6.07, 6.45) is 2.65. The largest absolute Gasteiger partial charge is 0.469 e. The fourth-order valence-electron chi connectivity index (χ4n) is 2.43. The van der Waals surface area contributed by atoms with E-state index in [9.17, 15) is 14.4 Å². The summed E-state index contributed by atoms with van der Waals surface area (Å²) in [6.45, 7) is 0.133. The molecule has 0 bridgehead atoms. The summed E-state index contributed by atoms with van der Waals surface area (Å²) in [5, 5.41) is 0. The Balaban J connectivity index is 2.04. The van der Waals surface area contributed by atoms with Crippen LogP contribution >= 0.6 is 15.9 Å². The van der Waals surface area contributed by atoms with Gasteiger partial charge in [0, 0.05) is 11.0 Å². The van der Waals surface area contributed by atoms with E-state index in [0.29, 0.717) is 0 Å². The molecule has 7 heteroatoms. The number of hydrogen-bond acceptors (Lipinski definition) is 5. The molecule has 0 N–H and O–H groups in total. The van der Waals surface area contributed by atoms with Gasteiger partial charge >= 0.3 is 11.9 Å². The Bertz CT molecular complexity index is 867. The minimum Gasteiger partial charge on any atom is -0.469 e. The summed E-state index contributed by atoms with van der Waals surface area (Å²) in [5.74, 6) is -1.37. The number of ether oxygens (including phenoxy) is 2. The second-order valence-corrected chi connectivity index (χ2v) is 6.97. The molecule has 1 amide bonds. The number of methoxy groups -OCH3 is 1. The number of esters is 2. The number of amides is 1. The topological polar surface area (TPSA) is 72.9 Å². The molecule has 6 nitrogen and oxygen atoms in total. The Morgan fingerprint density at radius 2 is 1.69 bits per heavy atom. The van der Waals surface area contributed by atoms with E-state index >= 15 is 0 Å². The average molecular weight is 460 g/mol. The predicted molar refractivity (Wildman–Crippen MR) is 112 cm³/mol. The number of benzene rings is 2. The van der Waals surface area contributed by atoms with E-state index < -0.39 is 17.8 Å². The molecule has 2 rings (SSSR count). The van der Waals surface area contributed by atoms with Crippen LogP contribution in [0.3, 0.4) is 0 Å². The molecule has 0 aliphatic heterocycles. The van der Waals surface area contributed by atoms with Gasteiger partial charge in [-0.1, -0.05) is 70.5 Å². The van der Waals surface area contributed by atoms with Crippen molar-refractivity contribution in [3.63, 3.8) is 0 Å². The Labute approximate surface area is 178 Å². The number of carbonyl (C=O) groups excluding carboxylic acids is 3. The van der Waals surface area contributed by atoms with Crippen LogP contribution in [-0.4, -0.2) is 36.4 Å². The highest BCUT2D eigenvalue weighted by atomic mass is 79.9. The van der Waals surface area contributed by atoms with Gasteiger partial charge in [-0.25, -0.2) is 0 Å². The van der Waals surface area contributed by atoms with Gasteiger partial charge in [0.1, 0.15) is 13.2 Å². The minimum atomic E-state index is -0.518. The SMILES string of the molecule is COC(=O)CC=CC(=O)N(CC(=O)OCc1ccccc1)Cc1ccccc1Br. The van der Waals surface area contributed by atoms with Gasteiger partial charge in [-0.2, -0.15) is 0 Å². The molecule has 0 aliphatic carbocycles. The third-order valence-electron chi connectivity index (χ3n) is 3.97. The zero-order valence-electron chi connectivity index (χ0n) is 16.0. The van der Waals surface area contributed by atoms with Crippen molar-refractivity contribution >= 4 is 33.8 Å². The first-order chi connectivity index (χ1) is 14.0. The highest BCUT2D eigenvalue weighted by Gasteiger charge is 2.18. The Kier molecular flexibility index (Phi) is 9.11. The molecule has 0 aliphatic rings. The summed E-state index contributed by atoms with van der Waals surface area (Å²) < 4.78 is 10.7. The lowest BCUT2D eigenvalue weighted by Gasteiger charge is -2.21. The smallest absolute Gasteiger partial charge is 0.325 e. The summed E-state index contributed by atoms with van der Waals surface area (Å²) >= 11 is 3.45. The van der Waals surface area contributed by atoms with Crippen LogP contribution in [0.4, 0.5) is 0 Å². The van der Waals surface area contributed by atoms with Crippen molar-refractivity contribution in [1.29, 1.82) is 0 Å². The Morgan fingerprint density at radius 1 is 1.00 bits per heavy atom. The molecule has 2 aromatic carbocycles. The first kappa shape index (κ1) is 22.4. The van der Waals surface area contributed by atoms with Gasteiger partial charge in [-0.05, 0) is 23.3 Å². The minimum absolute atomic E-state index is 0.0242. The maximum absolute atomic E-state index is 12.6. The second-order valence-electron chi connectivity index (χ2n) is 6.11. The van der Waals surface area contributed by atoms with E-state index in [4.69, 9.17) is 4.74 Å². The van der Waals surface area contributed by atoms with E-state index in [1.807, 2.05) is 54.6 Å². The highest BCUT2D eigenvalue weighted by molar-refractivity contribution is 9.10. The van der Waals surface area contributed by atoms with Crippen LogP contribution in [0.25, 0.3) is 0 Å². The fourth-order valence-corrected chi connectivity index (χ4v) is 2.84. The van der Waals surface area contributed by atoms with E-state index in [-0.39, 0.29) is 26.1 Å². The number of hydrogen-bond donors (Lipinski definition) is 0. The maximum Gasteiger partial charge on any atom is 0.325 e. The van der Waals surface area contributed by atoms with Crippen molar-refractivity contribution in [1.82, 2.24) is 4.90 Å². The van der Waals surface area contributed by atoms with Gasteiger partial charge in [0.25, 0.3) is 0 Å². The number of nitrogens with zero attached hydrogens (tertiary/aromatic N) is 1. The van der Waals surface area contributed by atoms with Gasteiger partial charge in [0.15, 0.2) is 0 Å². The third-order valence-corrected chi connectivity index (χ3v) is 4.74. The lowest BCUT2D eigenvalue weighted by atomic mass is 10.2. The van der Waals surface area contributed by atoms with Crippen LogP contribution in [0.1, 0.15) is 17.5 Å². The molecule has 0 saturated heterocycles. The van der Waals surface area contributed by atoms with Crippen molar-refractivity contribution in [2.24, 2.45) is 0 Å². The highest BCUT2D eigenvalue weighted by Crippen LogP contribution is 2.18. The predicted octanol–water partition coefficient (Wildman–Crippen LogP) is 3.64. The molecule has 0 unspecified atom stereocenters. The normalized spacial score (nSPS) is 10.6. The van der Waals surface area contributed by atoms with Gasteiger partial charge in [-0.3, -0.25) is 14.4 Å². The molecule has 0 heterocycles. The molecular formula is C22H22BrNO5. The summed E-state index contributed by atoms with van der Waals surface area (Å²) in [6, 6.07) is 16.7. The Morgan fingerprint density at radius 3 is 2.38 bits per heavy atom. The van der Waals surface area contributed by atoms with Gasteiger partial charge < -0.3 is 14.4 Å². The molecule has 0 saturated carbocycles. The van der Waals surface area contributed by atoms with Crippen molar-refractivity contribution in [2.45, 2.75) is 19.6 Å². The van der Waals surface area contributed by atoms with Crippen LogP contribution in [0.15, 0.2) is 71.2 Å². The van der Waals surface area contributed by atoms with Gasteiger partial charge in [0.05, 0.1) is 13.5 Å². The van der Waals surface area contributed by atoms with Crippen molar-refractivity contribution in [3.8, 4) is 0 Å². The Hall–Kier alpha value is -2.93. The number of rotatable bonds is 9. The summed E-state index contributed by atoms with van der Waals surface area (Å²) in [5.41, 5.74) is 1.71. The molecular weight excluding hydrogens is 438 g/mol. The van der Waals surface area contributed by atoms with E-state index in [1.165, 1.54) is 24.2 Å². The van der Waals surface area contributed by atoms with Gasteiger partial charge in [0.2, 0.25) is 5.91 Å². The second kappa shape index (κ2) is 11.8. The lowest BCUT2D eigenvalue weighted by molar-refractivity contribution is -0.149. The first-order valence-corrected chi connectivity index (χ1v) is 9.74. The van der Waals surface area contributed by atoms with E-state index in [1.54, 1.807) is 0 Å². The van der Waals surface area contributed by atoms with E-state index in [0.717, 1.165) is 15.6 Å². The molecule has 29 heavy (non-hydrogen) atoms. The summed E-state index contributed by atoms with van der Waals surface area (Å²) in [7, 11) is 1.28. The van der Waals surface area contributed by atoms with Crippen LogP contribution < -0.4 is 0 Å². The first-order valence-electron chi connectivity index (χ1n) is 8.95. The number of carbonyl (C=O) groups is 3. The molecule has 0 spiro atoms. The number of halogens is 1. The van der Waals surface area contributed by atoms with Crippen LogP contribution in [-0.2, 0) is 37.0 Å². The third kappa shape index (κ3) is 7.91. The van der Waals surface area contributed by atoms with Crippen LogP contribution in [0, 0.1) is 0 Å².